The molecule has 1 saturated heterocycles. The minimum absolute atomic E-state index is 0.0319. The summed E-state index contributed by atoms with van der Waals surface area (Å²) >= 11 is 3.32. The first kappa shape index (κ1) is 18.0. The Labute approximate surface area is 153 Å². The summed E-state index contributed by atoms with van der Waals surface area (Å²) in [6.07, 6.45) is 1.60. The molecule has 0 spiro atoms. The lowest BCUT2D eigenvalue weighted by atomic mass is 10.0. The lowest BCUT2D eigenvalue weighted by Gasteiger charge is -2.35. The molecular weight excluding hydrogens is 391 g/mol. The van der Waals surface area contributed by atoms with Crippen LogP contribution in [0.3, 0.4) is 0 Å². The maximum absolute atomic E-state index is 13.7. The van der Waals surface area contributed by atoms with E-state index in [-0.39, 0.29) is 17.4 Å². The van der Waals surface area contributed by atoms with Crippen molar-refractivity contribution in [2.75, 3.05) is 38.2 Å². The standard InChI is InChI=1S/C17H20BrFN4O2/c1-22-17(24)16(18)14(10-21-22)20-11-15(23-5-7-25-8-6-23)12-3-2-4-13(19)9-12/h2-4,9-10,15,20H,5-8,11H2,1H3. The maximum atomic E-state index is 13.7. The second-order valence-electron chi connectivity index (χ2n) is 5.90. The lowest BCUT2D eigenvalue weighted by Crippen LogP contribution is -2.41. The third-order valence-electron chi connectivity index (χ3n) is 4.28. The van der Waals surface area contributed by atoms with Crippen LogP contribution in [0, 0.1) is 5.82 Å². The molecule has 0 aliphatic carbocycles. The molecule has 2 heterocycles. The summed E-state index contributed by atoms with van der Waals surface area (Å²) in [5.74, 6) is -0.257. The van der Waals surface area contributed by atoms with E-state index in [2.05, 4.69) is 31.2 Å². The highest BCUT2D eigenvalue weighted by molar-refractivity contribution is 9.10. The summed E-state index contributed by atoms with van der Waals surface area (Å²) in [6.45, 7) is 3.39. The Kier molecular flexibility index (Phi) is 5.82. The van der Waals surface area contributed by atoms with Crippen molar-refractivity contribution in [2.24, 2.45) is 7.05 Å². The summed E-state index contributed by atoms with van der Waals surface area (Å²) in [5, 5.41) is 7.30. The fourth-order valence-corrected chi connectivity index (χ4v) is 3.40. The molecule has 2 aromatic rings. The van der Waals surface area contributed by atoms with Crippen molar-refractivity contribution in [3.63, 3.8) is 0 Å². The first-order valence-electron chi connectivity index (χ1n) is 8.09. The van der Waals surface area contributed by atoms with Gasteiger partial charge in [-0.05, 0) is 33.6 Å². The van der Waals surface area contributed by atoms with Crippen LogP contribution in [0.15, 0.2) is 39.7 Å². The van der Waals surface area contributed by atoms with Crippen LogP contribution in [0.2, 0.25) is 0 Å². The molecule has 0 radical (unpaired) electrons. The Bertz CT molecular complexity index is 792. The highest BCUT2D eigenvalue weighted by Gasteiger charge is 2.23. The SMILES string of the molecule is Cn1ncc(NCC(c2cccc(F)c2)N2CCOCC2)c(Br)c1=O. The molecule has 1 aliphatic rings. The summed E-state index contributed by atoms with van der Waals surface area (Å²) in [4.78, 5) is 14.2. The molecule has 1 N–H and O–H groups in total. The van der Waals surface area contributed by atoms with Crippen molar-refractivity contribution < 1.29 is 9.13 Å². The van der Waals surface area contributed by atoms with Gasteiger partial charge in [-0.25, -0.2) is 9.07 Å². The van der Waals surface area contributed by atoms with Crippen LogP contribution in [-0.4, -0.2) is 47.5 Å². The topological polar surface area (TPSA) is 59.4 Å². The van der Waals surface area contributed by atoms with Crippen LogP contribution < -0.4 is 10.9 Å². The molecule has 6 nitrogen and oxygen atoms in total. The minimum Gasteiger partial charge on any atom is -0.381 e. The van der Waals surface area contributed by atoms with Crippen molar-refractivity contribution >= 4 is 21.6 Å². The maximum Gasteiger partial charge on any atom is 0.282 e. The van der Waals surface area contributed by atoms with Gasteiger partial charge in [0.1, 0.15) is 10.3 Å². The fourth-order valence-electron chi connectivity index (χ4n) is 2.90. The van der Waals surface area contributed by atoms with Crippen LogP contribution >= 0.6 is 15.9 Å². The molecule has 0 amide bonds. The molecule has 25 heavy (non-hydrogen) atoms. The van der Waals surface area contributed by atoms with E-state index in [9.17, 15) is 9.18 Å². The summed E-state index contributed by atoms with van der Waals surface area (Å²) < 4.78 is 20.8. The molecular formula is C17H20BrFN4O2. The Morgan fingerprint density at radius 2 is 2.16 bits per heavy atom. The molecule has 1 aromatic carbocycles. The fraction of sp³-hybridized carbons (Fsp3) is 0.412. The van der Waals surface area contributed by atoms with Gasteiger partial charge >= 0.3 is 0 Å². The number of hydrogen-bond donors (Lipinski definition) is 1. The molecule has 1 aliphatic heterocycles. The number of morpholine rings is 1. The molecule has 1 atom stereocenters. The van der Waals surface area contributed by atoms with Gasteiger partial charge in [-0.3, -0.25) is 9.69 Å². The summed E-state index contributed by atoms with van der Waals surface area (Å²) in [7, 11) is 1.60. The third-order valence-corrected chi connectivity index (χ3v) is 5.05. The number of rotatable bonds is 5. The number of halogens is 2. The van der Waals surface area contributed by atoms with E-state index in [0.29, 0.717) is 29.9 Å². The van der Waals surface area contributed by atoms with Crippen LogP contribution in [0.5, 0.6) is 0 Å². The number of hydrogen-bond acceptors (Lipinski definition) is 5. The number of aromatic nitrogens is 2. The Balaban J connectivity index is 1.82. The zero-order valence-corrected chi connectivity index (χ0v) is 15.5. The number of benzene rings is 1. The predicted octanol–water partition coefficient (Wildman–Crippen LogP) is 2.17. The lowest BCUT2D eigenvalue weighted by molar-refractivity contribution is 0.0186. The van der Waals surface area contributed by atoms with Gasteiger partial charge in [-0.1, -0.05) is 12.1 Å². The van der Waals surface area contributed by atoms with Gasteiger partial charge in [-0.2, -0.15) is 5.10 Å². The number of nitrogens with one attached hydrogen (secondary N) is 1. The van der Waals surface area contributed by atoms with Crippen molar-refractivity contribution in [3.8, 4) is 0 Å². The van der Waals surface area contributed by atoms with Crippen molar-refractivity contribution in [1.82, 2.24) is 14.7 Å². The molecule has 3 rings (SSSR count). The Hall–Kier alpha value is -1.77. The smallest absolute Gasteiger partial charge is 0.282 e. The van der Waals surface area contributed by atoms with Crippen LogP contribution in [0.25, 0.3) is 0 Å². The zero-order valence-electron chi connectivity index (χ0n) is 13.9. The van der Waals surface area contributed by atoms with Gasteiger partial charge in [0.05, 0.1) is 31.1 Å². The van der Waals surface area contributed by atoms with Gasteiger partial charge in [0.25, 0.3) is 5.56 Å². The average molecular weight is 411 g/mol. The van der Waals surface area contributed by atoms with Gasteiger partial charge in [0.2, 0.25) is 0 Å². The molecule has 0 saturated carbocycles. The van der Waals surface area contributed by atoms with Crippen LogP contribution in [0.1, 0.15) is 11.6 Å². The second-order valence-corrected chi connectivity index (χ2v) is 6.69. The van der Waals surface area contributed by atoms with Gasteiger partial charge in [-0.15, -0.1) is 0 Å². The normalized spacial score (nSPS) is 16.6. The molecule has 1 aromatic heterocycles. The van der Waals surface area contributed by atoms with Crippen LogP contribution in [-0.2, 0) is 11.8 Å². The largest absolute Gasteiger partial charge is 0.381 e. The predicted molar refractivity (Wildman–Crippen MR) is 97.2 cm³/mol. The van der Waals surface area contributed by atoms with Gasteiger partial charge < -0.3 is 10.1 Å². The molecule has 134 valence electrons. The number of nitrogens with zero attached hydrogens (tertiary/aromatic N) is 3. The first-order valence-corrected chi connectivity index (χ1v) is 8.88. The van der Waals surface area contributed by atoms with E-state index in [1.807, 2.05) is 6.07 Å². The van der Waals surface area contributed by atoms with E-state index >= 15 is 0 Å². The van der Waals surface area contributed by atoms with E-state index in [1.54, 1.807) is 25.4 Å². The highest BCUT2D eigenvalue weighted by atomic mass is 79.9. The second kappa shape index (κ2) is 8.07. The van der Waals surface area contributed by atoms with Gasteiger partial charge in [0.15, 0.2) is 0 Å². The molecule has 1 fully saturated rings. The first-order chi connectivity index (χ1) is 12.1. The number of anilines is 1. The van der Waals surface area contributed by atoms with Crippen molar-refractivity contribution in [1.29, 1.82) is 0 Å². The van der Waals surface area contributed by atoms with Crippen LogP contribution in [0.4, 0.5) is 10.1 Å². The van der Waals surface area contributed by atoms with E-state index in [4.69, 9.17) is 4.74 Å². The van der Waals surface area contributed by atoms with Crippen molar-refractivity contribution in [3.05, 3.63) is 56.7 Å². The molecule has 1 unspecified atom stereocenters. The molecule has 8 heteroatoms. The third kappa shape index (κ3) is 4.26. The van der Waals surface area contributed by atoms with E-state index < -0.39 is 0 Å². The average Bonchev–Trinajstić information content (AvgIpc) is 2.63. The quantitative estimate of drug-likeness (QED) is 0.818. The Morgan fingerprint density at radius 3 is 2.88 bits per heavy atom. The highest BCUT2D eigenvalue weighted by Crippen LogP contribution is 2.24. The molecule has 0 bridgehead atoms. The number of ether oxygens (including phenoxy) is 1. The van der Waals surface area contributed by atoms with Crippen molar-refractivity contribution in [2.45, 2.75) is 6.04 Å². The zero-order chi connectivity index (χ0) is 17.8. The van der Waals surface area contributed by atoms with E-state index in [0.717, 1.165) is 18.7 Å². The van der Waals surface area contributed by atoms with E-state index in [1.165, 1.54) is 10.7 Å². The Morgan fingerprint density at radius 1 is 1.40 bits per heavy atom. The summed E-state index contributed by atoms with van der Waals surface area (Å²) in [6, 6.07) is 6.60. The van der Waals surface area contributed by atoms with Gasteiger partial charge in [0, 0.05) is 26.7 Å². The summed E-state index contributed by atoms with van der Waals surface area (Å²) in [5.41, 5.74) is 1.30. The number of aryl methyl sites for hydroxylation is 1. The minimum atomic E-state index is -0.257. The monoisotopic (exact) mass is 410 g/mol.